The van der Waals surface area contributed by atoms with Crippen molar-refractivity contribution in [3.8, 4) is 5.75 Å². The van der Waals surface area contributed by atoms with Crippen LogP contribution in [0.25, 0.3) is 0 Å². The number of rotatable bonds is 5. The molecule has 0 saturated carbocycles. The highest BCUT2D eigenvalue weighted by molar-refractivity contribution is 7.92. The van der Waals surface area contributed by atoms with E-state index in [1.807, 2.05) is 13.8 Å². The van der Waals surface area contributed by atoms with Crippen LogP contribution < -0.4 is 9.46 Å². The molecular weight excluding hydrogens is 320 g/mol. The average molecular weight is 336 g/mol. The predicted octanol–water partition coefficient (Wildman–Crippen LogP) is 3.02. The highest BCUT2D eigenvalue weighted by Gasteiger charge is 2.23. The van der Waals surface area contributed by atoms with Gasteiger partial charge in [-0.2, -0.15) is 0 Å². The molecule has 2 aromatic rings. The second-order valence-electron chi connectivity index (χ2n) is 5.00. The highest BCUT2D eigenvalue weighted by atomic mass is 32.2. The molecule has 0 amide bonds. The Balaban J connectivity index is 2.47. The summed E-state index contributed by atoms with van der Waals surface area (Å²) >= 11 is 0. The van der Waals surface area contributed by atoms with Crippen LogP contribution in [0.4, 0.5) is 11.4 Å². The van der Waals surface area contributed by atoms with Crippen molar-refractivity contribution in [2.75, 3.05) is 11.8 Å². The largest absolute Gasteiger partial charge is 0.495 e. The smallest absolute Gasteiger partial charge is 0.271 e. The average Bonchev–Trinajstić information content (AvgIpc) is 2.50. The van der Waals surface area contributed by atoms with Crippen molar-refractivity contribution < 1.29 is 18.1 Å². The first-order chi connectivity index (χ1) is 10.7. The summed E-state index contributed by atoms with van der Waals surface area (Å²) in [4.78, 5) is 9.93. The van der Waals surface area contributed by atoms with Gasteiger partial charge in [0.15, 0.2) is 0 Å². The van der Waals surface area contributed by atoms with E-state index in [-0.39, 0.29) is 16.3 Å². The lowest BCUT2D eigenvalue weighted by Crippen LogP contribution is -2.14. The van der Waals surface area contributed by atoms with Crippen LogP contribution in [-0.2, 0) is 10.0 Å². The van der Waals surface area contributed by atoms with E-state index in [4.69, 9.17) is 4.74 Å². The zero-order valence-electron chi connectivity index (χ0n) is 12.9. The molecule has 8 heteroatoms. The van der Waals surface area contributed by atoms with E-state index in [1.54, 1.807) is 18.2 Å². The molecule has 0 aliphatic rings. The summed E-state index contributed by atoms with van der Waals surface area (Å²) in [6, 6.07) is 8.53. The molecule has 0 aromatic heterocycles. The van der Waals surface area contributed by atoms with Gasteiger partial charge in [0.1, 0.15) is 10.6 Å². The summed E-state index contributed by atoms with van der Waals surface area (Å²) in [7, 11) is -2.72. The molecule has 0 spiro atoms. The van der Waals surface area contributed by atoms with Crippen molar-refractivity contribution in [1.82, 2.24) is 0 Å². The Morgan fingerprint density at radius 1 is 1.09 bits per heavy atom. The number of methoxy groups -OCH3 is 1. The van der Waals surface area contributed by atoms with Crippen molar-refractivity contribution in [2.24, 2.45) is 0 Å². The van der Waals surface area contributed by atoms with E-state index in [9.17, 15) is 18.5 Å². The molecule has 0 atom stereocenters. The van der Waals surface area contributed by atoms with Crippen molar-refractivity contribution in [3.63, 3.8) is 0 Å². The Bertz CT molecular complexity index is 862. The minimum Gasteiger partial charge on any atom is -0.495 e. The molecule has 0 fully saturated rings. The van der Waals surface area contributed by atoms with Crippen molar-refractivity contribution in [3.05, 3.63) is 57.6 Å². The lowest BCUT2D eigenvalue weighted by molar-refractivity contribution is -0.385. The summed E-state index contributed by atoms with van der Waals surface area (Å²) in [6.45, 7) is 3.78. The number of nitro benzene ring substituents is 1. The van der Waals surface area contributed by atoms with Crippen molar-refractivity contribution >= 4 is 21.4 Å². The van der Waals surface area contributed by atoms with Crippen LogP contribution in [-0.4, -0.2) is 20.5 Å². The fourth-order valence-electron chi connectivity index (χ4n) is 2.00. The SMILES string of the molecule is COc1ccc([N+](=O)[O-])cc1S(=O)(=O)Nc1ccc(C)c(C)c1. The van der Waals surface area contributed by atoms with Gasteiger partial charge in [0.25, 0.3) is 15.7 Å². The summed E-state index contributed by atoms with van der Waals surface area (Å²) in [5, 5.41) is 10.9. The number of sulfonamides is 1. The first kappa shape index (κ1) is 16.8. The van der Waals surface area contributed by atoms with E-state index in [2.05, 4.69) is 4.72 Å². The molecule has 122 valence electrons. The molecule has 23 heavy (non-hydrogen) atoms. The zero-order chi connectivity index (χ0) is 17.2. The molecule has 0 aliphatic heterocycles. The third kappa shape index (κ3) is 3.59. The van der Waals surface area contributed by atoms with Crippen LogP contribution in [0.15, 0.2) is 41.3 Å². The fraction of sp³-hybridized carbons (Fsp3) is 0.200. The second-order valence-corrected chi connectivity index (χ2v) is 6.65. The standard InChI is InChI=1S/C15H16N2O5S/c1-10-4-5-12(8-11(10)2)16-23(20,21)15-9-13(17(18)19)6-7-14(15)22-3/h4-9,16H,1-3H3. The predicted molar refractivity (Wildman–Crippen MR) is 86.4 cm³/mol. The topological polar surface area (TPSA) is 98.5 Å². The van der Waals surface area contributed by atoms with Crippen LogP contribution in [0.1, 0.15) is 11.1 Å². The number of hydrogen-bond donors (Lipinski definition) is 1. The summed E-state index contributed by atoms with van der Waals surface area (Å²) in [5.74, 6) is 0.0342. The van der Waals surface area contributed by atoms with E-state index in [0.29, 0.717) is 5.69 Å². The number of non-ortho nitro benzene ring substituents is 1. The minimum atomic E-state index is -4.02. The van der Waals surface area contributed by atoms with Gasteiger partial charge >= 0.3 is 0 Å². The number of anilines is 1. The summed E-state index contributed by atoms with van der Waals surface area (Å²) in [6.07, 6.45) is 0. The number of ether oxygens (including phenoxy) is 1. The molecule has 1 N–H and O–H groups in total. The number of hydrogen-bond acceptors (Lipinski definition) is 5. The maximum absolute atomic E-state index is 12.5. The summed E-state index contributed by atoms with van der Waals surface area (Å²) in [5.41, 5.74) is 2.00. The van der Waals surface area contributed by atoms with E-state index >= 15 is 0 Å². The van der Waals surface area contributed by atoms with Gasteiger partial charge < -0.3 is 4.74 Å². The van der Waals surface area contributed by atoms with Crippen LogP contribution in [0.3, 0.4) is 0 Å². The maximum atomic E-state index is 12.5. The number of nitrogens with zero attached hydrogens (tertiary/aromatic N) is 1. The second kappa shape index (κ2) is 6.25. The minimum absolute atomic E-state index is 0.0342. The van der Waals surface area contributed by atoms with Gasteiger partial charge in [-0.15, -0.1) is 0 Å². The van der Waals surface area contributed by atoms with Gasteiger partial charge in [-0.3, -0.25) is 14.8 Å². The number of benzene rings is 2. The molecule has 0 radical (unpaired) electrons. The van der Waals surface area contributed by atoms with E-state index < -0.39 is 14.9 Å². The Morgan fingerprint density at radius 2 is 1.78 bits per heavy atom. The fourth-order valence-corrected chi connectivity index (χ4v) is 3.24. The van der Waals surface area contributed by atoms with Gasteiger partial charge in [-0.1, -0.05) is 6.07 Å². The molecule has 0 heterocycles. The van der Waals surface area contributed by atoms with Crippen LogP contribution >= 0.6 is 0 Å². The van der Waals surface area contributed by atoms with Gasteiger partial charge in [-0.25, -0.2) is 8.42 Å². The summed E-state index contributed by atoms with van der Waals surface area (Å²) < 4.78 is 32.5. The maximum Gasteiger partial charge on any atom is 0.271 e. The number of nitro groups is 1. The zero-order valence-corrected chi connectivity index (χ0v) is 13.7. The molecule has 2 rings (SSSR count). The third-order valence-electron chi connectivity index (χ3n) is 3.41. The quantitative estimate of drug-likeness (QED) is 0.668. The lowest BCUT2D eigenvalue weighted by atomic mass is 10.1. The Kier molecular flexibility index (Phi) is 4.55. The molecule has 2 aromatic carbocycles. The van der Waals surface area contributed by atoms with E-state index in [0.717, 1.165) is 17.2 Å². The van der Waals surface area contributed by atoms with Gasteiger partial charge in [0.2, 0.25) is 0 Å². The van der Waals surface area contributed by atoms with Crippen LogP contribution in [0, 0.1) is 24.0 Å². The molecule has 0 saturated heterocycles. The molecule has 0 aliphatic carbocycles. The van der Waals surface area contributed by atoms with Crippen LogP contribution in [0.2, 0.25) is 0 Å². The third-order valence-corrected chi connectivity index (χ3v) is 4.81. The van der Waals surface area contributed by atoms with Crippen molar-refractivity contribution in [2.45, 2.75) is 18.7 Å². The molecule has 7 nitrogen and oxygen atoms in total. The van der Waals surface area contributed by atoms with E-state index in [1.165, 1.54) is 19.2 Å². The first-order valence-electron chi connectivity index (χ1n) is 6.67. The Labute approximate surface area is 134 Å². The normalized spacial score (nSPS) is 11.1. The van der Waals surface area contributed by atoms with Crippen LogP contribution in [0.5, 0.6) is 5.75 Å². The number of nitrogens with one attached hydrogen (secondary N) is 1. The molecule has 0 unspecified atom stereocenters. The van der Waals surface area contributed by atoms with Crippen molar-refractivity contribution in [1.29, 1.82) is 0 Å². The monoisotopic (exact) mass is 336 g/mol. The molecule has 0 bridgehead atoms. The highest BCUT2D eigenvalue weighted by Crippen LogP contribution is 2.30. The van der Waals surface area contributed by atoms with Gasteiger partial charge in [0.05, 0.1) is 12.0 Å². The Hall–Kier alpha value is -2.61. The van der Waals surface area contributed by atoms with Gasteiger partial charge in [0, 0.05) is 17.8 Å². The first-order valence-corrected chi connectivity index (χ1v) is 8.15. The molecular formula is C15H16N2O5S. The Morgan fingerprint density at radius 3 is 2.35 bits per heavy atom. The lowest BCUT2D eigenvalue weighted by Gasteiger charge is -2.12. The number of aryl methyl sites for hydroxylation is 2. The van der Waals surface area contributed by atoms with Gasteiger partial charge in [-0.05, 0) is 43.2 Å².